The Hall–Kier alpha value is -2.80. The van der Waals surface area contributed by atoms with Crippen molar-refractivity contribution in [3.8, 4) is 11.5 Å². The topological polar surface area (TPSA) is 59.6 Å². The van der Waals surface area contributed by atoms with Gasteiger partial charge in [-0.25, -0.2) is 0 Å². The number of carbonyl (C=O) groups excluding carboxylic acids is 1. The number of thioether (sulfide) groups is 1. The number of aryl methyl sites for hydroxylation is 1. The zero-order valence-corrected chi connectivity index (χ0v) is 20.4. The Kier molecular flexibility index (Phi) is 7.38. The fourth-order valence-electron chi connectivity index (χ4n) is 3.28. The molecule has 3 aromatic carbocycles. The van der Waals surface area contributed by atoms with Gasteiger partial charge in [-0.1, -0.05) is 53.2 Å². The van der Waals surface area contributed by atoms with E-state index < -0.39 is 0 Å². The highest BCUT2D eigenvalue weighted by Crippen LogP contribution is 2.34. The molecule has 0 aromatic heterocycles. The number of halogens is 2. The maximum Gasteiger partial charge on any atom is 0.260 e. The smallest absolute Gasteiger partial charge is 0.260 e. The Morgan fingerprint density at radius 3 is 2.52 bits per heavy atom. The molecule has 0 aliphatic carbocycles. The van der Waals surface area contributed by atoms with Crippen LogP contribution in [0.3, 0.4) is 0 Å². The van der Waals surface area contributed by atoms with Crippen molar-refractivity contribution in [2.24, 2.45) is 0 Å². The van der Waals surface area contributed by atoms with E-state index in [-0.39, 0.29) is 11.4 Å². The van der Waals surface area contributed by atoms with Crippen molar-refractivity contribution < 1.29 is 14.3 Å². The largest absolute Gasteiger partial charge is 0.493 e. The lowest BCUT2D eigenvalue weighted by molar-refractivity contribution is -0.116. The highest BCUT2D eigenvalue weighted by molar-refractivity contribution is 8.05. The summed E-state index contributed by atoms with van der Waals surface area (Å²) in [6, 6.07) is 18.7. The van der Waals surface area contributed by atoms with Gasteiger partial charge in [0.15, 0.2) is 17.0 Å². The van der Waals surface area contributed by atoms with E-state index in [1.807, 2.05) is 73.7 Å². The minimum atomic E-state index is -0.271. The second-order valence-electron chi connectivity index (χ2n) is 7.41. The van der Waals surface area contributed by atoms with Gasteiger partial charge in [-0.3, -0.25) is 4.79 Å². The van der Waals surface area contributed by atoms with Gasteiger partial charge in [-0.2, -0.15) is 0 Å². The fourth-order valence-corrected chi connectivity index (χ4v) is 4.61. The van der Waals surface area contributed by atoms with E-state index in [1.165, 1.54) is 11.8 Å². The van der Waals surface area contributed by atoms with Crippen LogP contribution in [0.5, 0.6) is 11.5 Å². The van der Waals surface area contributed by atoms with E-state index in [0.717, 1.165) is 22.4 Å². The normalized spacial score (nSPS) is 16.5. The van der Waals surface area contributed by atoms with Gasteiger partial charge in [0.05, 0.1) is 12.0 Å². The van der Waals surface area contributed by atoms with Crippen molar-refractivity contribution in [2.45, 2.75) is 19.0 Å². The maximum atomic E-state index is 12.5. The Bertz CT molecular complexity index is 1200. The van der Waals surface area contributed by atoms with Crippen LogP contribution in [0.1, 0.15) is 16.7 Å². The molecule has 1 atom stereocenters. The number of methoxy groups -OCH3 is 1. The van der Waals surface area contributed by atoms with Gasteiger partial charge in [-0.05, 0) is 72.2 Å². The number of benzene rings is 3. The van der Waals surface area contributed by atoms with Gasteiger partial charge in [-0.15, -0.1) is 0 Å². The van der Waals surface area contributed by atoms with E-state index in [4.69, 9.17) is 32.7 Å². The zero-order chi connectivity index (χ0) is 23.4. The van der Waals surface area contributed by atoms with Gasteiger partial charge in [0.2, 0.25) is 0 Å². The van der Waals surface area contributed by atoms with E-state index in [1.54, 1.807) is 7.11 Å². The Morgan fingerprint density at radius 1 is 1.03 bits per heavy atom. The summed E-state index contributed by atoms with van der Waals surface area (Å²) in [4.78, 5) is 13.1. The molecular weight excluding hydrogens is 479 g/mol. The first-order chi connectivity index (χ1) is 15.9. The lowest BCUT2D eigenvalue weighted by Gasteiger charge is -2.15. The summed E-state index contributed by atoms with van der Waals surface area (Å²) in [7, 11) is 1.59. The number of anilines is 1. The van der Waals surface area contributed by atoms with Crippen molar-refractivity contribution in [1.29, 1.82) is 0 Å². The van der Waals surface area contributed by atoms with Crippen molar-refractivity contribution in [2.75, 3.05) is 12.4 Å². The standard InChI is InChI=1S/C25H22Cl2N2O3S/c1-15-11-19(27)8-9-20(15)28-25-29-24(30)23(33-25)13-17-5-10-21(22(12-17)31-2)32-14-16-3-6-18(26)7-4-16/h3-13,25,28H,14H2,1-2H3,(H,29,30)/b23-13-. The number of nitrogens with one attached hydrogen (secondary N) is 2. The van der Waals surface area contributed by atoms with Gasteiger partial charge in [0, 0.05) is 15.7 Å². The SMILES string of the molecule is COc1cc(/C=C2\SC(Nc3ccc(Cl)cc3C)NC2=O)ccc1OCc1ccc(Cl)cc1. The summed E-state index contributed by atoms with van der Waals surface area (Å²) in [5.74, 6) is 1.08. The van der Waals surface area contributed by atoms with Crippen molar-refractivity contribution in [3.05, 3.63) is 92.3 Å². The lowest BCUT2D eigenvalue weighted by atomic mass is 10.2. The summed E-state index contributed by atoms with van der Waals surface area (Å²) >= 11 is 13.4. The van der Waals surface area contributed by atoms with E-state index in [0.29, 0.717) is 33.1 Å². The fraction of sp³-hybridized carbons (Fsp3) is 0.160. The van der Waals surface area contributed by atoms with E-state index in [9.17, 15) is 4.79 Å². The minimum absolute atomic E-state index is 0.133. The highest BCUT2D eigenvalue weighted by atomic mass is 35.5. The molecule has 5 nitrogen and oxygen atoms in total. The molecule has 170 valence electrons. The van der Waals surface area contributed by atoms with Crippen LogP contribution in [0, 0.1) is 6.92 Å². The van der Waals surface area contributed by atoms with Crippen LogP contribution < -0.4 is 20.1 Å². The van der Waals surface area contributed by atoms with Crippen LogP contribution in [0.25, 0.3) is 6.08 Å². The molecule has 8 heteroatoms. The molecule has 3 aromatic rings. The number of hydrogen-bond acceptors (Lipinski definition) is 5. The third-order valence-electron chi connectivity index (χ3n) is 5.00. The third-order valence-corrected chi connectivity index (χ3v) is 6.51. The third kappa shape index (κ3) is 5.96. The molecule has 0 radical (unpaired) electrons. The minimum Gasteiger partial charge on any atom is -0.493 e. The van der Waals surface area contributed by atoms with Crippen LogP contribution in [0.15, 0.2) is 65.6 Å². The Morgan fingerprint density at radius 2 is 1.79 bits per heavy atom. The second-order valence-corrected chi connectivity index (χ2v) is 9.43. The monoisotopic (exact) mass is 500 g/mol. The van der Waals surface area contributed by atoms with Crippen LogP contribution in [0.4, 0.5) is 5.69 Å². The quantitative estimate of drug-likeness (QED) is 0.363. The maximum absolute atomic E-state index is 12.5. The summed E-state index contributed by atoms with van der Waals surface area (Å²) in [6.45, 7) is 2.36. The van der Waals surface area contributed by atoms with E-state index in [2.05, 4.69) is 10.6 Å². The van der Waals surface area contributed by atoms with Crippen LogP contribution >= 0.6 is 35.0 Å². The average Bonchev–Trinajstić information content (AvgIpc) is 3.14. The molecule has 0 spiro atoms. The molecule has 1 unspecified atom stereocenters. The van der Waals surface area contributed by atoms with Crippen molar-refractivity contribution >= 4 is 52.6 Å². The van der Waals surface area contributed by atoms with Crippen molar-refractivity contribution in [3.63, 3.8) is 0 Å². The molecule has 4 rings (SSSR count). The molecule has 33 heavy (non-hydrogen) atoms. The first-order valence-electron chi connectivity index (χ1n) is 10.2. The van der Waals surface area contributed by atoms with Crippen LogP contribution in [0.2, 0.25) is 10.0 Å². The first kappa shape index (κ1) is 23.4. The van der Waals surface area contributed by atoms with E-state index >= 15 is 0 Å². The van der Waals surface area contributed by atoms with Crippen LogP contribution in [-0.4, -0.2) is 18.5 Å². The number of rotatable bonds is 7. The molecule has 1 saturated heterocycles. The van der Waals surface area contributed by atoms with Gasteiger partial charge < -0.3 is 20.1 Å². The summed E-state index contributed by atoms with van der Waals surface area (Å²) < 4.78 is 11.4. The Balaban J connectivity index is 1.44. The summed E-state index contributed by atoms with van der Waals surface area (Å²) in [6.07, 6.45) is 1.84. The van der Waals surface area contributed by atoms with Crippen LogP contribution in [-0.2, 0) is 11.4 Å². The summed E-state index contributed by atoms with van der Waals surface area (Å²) in [5.41, 5.74) is 3.50. The first-order valence-corrected chi connectivity index (χ1v) is 11.8. The molecular formula is C25H22Cl2N2O3S. The lowest BCUT2D eigenvalue weighted by Crippen LogP contribution is -2.31. The number of hydrogen-bond donors (Lipinski definition) is 2. The number of ether oxygens (including phenoxy) is 2. The average molecular weight is 501 g/mol. The predicted molar refractivity (Wildman–Crippen MR) is 136 cm³/mol. The summed E-state index contributed by atoms with van der Waals surface area (Å²) in [5, 5.41) is 7.63. The second kappa shape index (κ2) is 10.4. The molecule has 1 amide bonds. The molecule has 1 heterocycles. The number of amides is 1. The zero-order valence-electron chi connectivity index (χ0n) is 18.0. The molecule has 0 bridgehead atoms. The molecule has 1 fully saturated rings. The molecule has 0 saturated carbocycles. The highest BCUT2D eigenvalue weighted by Gasteiger charge is 2.27. The molecule has 2 N–H and O–H groups in total. The van der Waals surface area contributed by atoms with Gasteiger partial charge >= 0.3 is 0 Å². The van der Waals surface area contributed by atoms with Gasteiger partial charge in [0.1, 0.15) is 6.61 Å². The van der Waals surface area contributed by atoms with Crippen molar-refractivity contribution in [1.82, 2.24) is 5.32 Å². The Labute approximate surface area is 207 Å². The van der Waals surface area contributed by atoms with Gasteiger partial charge in [0.25, 0.3) is 5.91 Å². The number of carbonyl (C=O) groups is 1. The predicted octanol–water partition coefficient (Wildman–Crippen LogP) is 6.49. The molecule has 1 aliphatic heterocycles. The molecule has 1 aliphatic rings.